The van der Waals surface area contributed by atoms with Crippen LogP contribution in [0.1, 0.15) is 52.9 Å². The van der Waals surface area contributed by atoms with Gasteiger partial charge in [0.2, 0.25) is 0 Å². The van der Waals surface area contributed by atoms with Gasteiger partial charge < -0.3 is 10.2 Å². The van der Waals surface area contributed by atoms with Crippen LogP contribution in [-0.2, 0) is 0 Å². The molecule has 2 aliphatic heterocycles. The van der Waals surface area contributed by atoms with Crippen LogP contribution in [0.5, 0.6) is 0 Å². The van der Waals surface area contributed by atoms with Gasteiger partial charge in [-0.1, -0.05) is 25.1 Å². The maximum absolute atomic E-state index is 4.72. The smallest absolute Gasteiger partial charge is 0.157 e. The van der Waals surface area contributed by atoms with E-state index < -0.39 is 0 Å². The summed E-state index contributed by atoms with van der Waals surface area (Å²) in [6.07, 6.45) is 6.53. The van der Waals surface area contributed by atoms with Crippen molar-refractivity contribution in [2.75, 3.05) is 25.4 Å². The van der Waals surface area contributed by atoms with E-state index >= 15 is 0 Å². The molecule has 2 saturated heterocycles. The molecule has 0 radical (unpaired) electrons. The first kappa shape index (κ1) is 15.2. The van der Waals surface area contributed by atoms with Gasteiger partial charge in [-0.05, 0) is 46.1 Å². The number of likely N-dealkylation sites (tertiary alicyclic amines) is 1. The number of nitrogens with one attached hydrogen (secondary N) is 1. The SMILES string of the molecule is CCC1(C)CSC(=NCCCN2CCCCC2C)N1. The summed E-state index contributed by atoms with van der Waals surface area (Å²) in [6, 6.07) is 0.781. The van der Waals surface area contributed by atoms with Gasteiger partial charge in [0, 0.05) is 30.4 Å². The number of nitrogens with zero attached hydrogens (tertiary/aromatic N) is 2. The second-order valence-corrected chi connectivity index (χ2v) is 7.21. The highest BCUT2D eigenvalue weighted by atomic mass is 32.2. The van der Waals surface area contributed by atoms with E-state index in [4.69, 9.17) is 4.99 Å². The second kappa shape index (κ2) is 6.98. The molecule has 4 heteroatoms. The molecule has 0 aromatic rings. The number of rotatable bonds is 5. The lowest BCUT2D eigenvalue weighted by Gasteiger charge is -2.33. The molecule has 0 aromatic heterocycles. The molecular weight excluding hydrogens is 254 g/mol. The minimum absolute atomic E-state index is 0.269. The molecule has 2 aliphatic rings. The Balaban J connectivity index is 1.66. The summed E-state index contributed by atoms with van der Waals surface area (Å²) in [5, 5.41) is 4.73. The summed E-state index contributed by atoms with van der Waals surface area (Å²) in [6.45, 7) is 10.4. The third kappa shape index (κ3) is 4.38. The highest BCUT2D eigenvalue weighted by Gasteiger charge is 2.30. The fraction of sp³-hybridized carbons (Fsp3) is 0.933. The summed E-state index contributed by atoms with van der Waals surface area (Å²) in [5.74, 6) is 1.16. The van der Waals surface area contributed by atoms with E-state index in [-0.39, 0.29) is 5.54 Å². The van der Waals surface area contributed by atoms with E-state index in [1.54, 1.807) is 0 Å². The predicted octanol–water partition coefficient (Wildman–Crippen LogP) is 3.11. The van der Waals surface area contributed by atoms with Crippen LogP contribution in [0.2, 0.25) is 0 Å². The quantitative estimate of drug-likeness (QED) is 0.786. The van der Waals surface area contributed by atoms with E-state index in [1.165, 1.54) is 45.2 Å². The van der Waals surface area contributed by atoms with Crippen LogP contribution in [-0.4, -0.2) is 47.0 Å². The van der Waals surface area contributed by atoms with Gasteiger partial charge in [0.25, 0.3) is 0 Å². The van der Waals surface area contributed by atoms with Crippen molar-refractivity contribution in [3.05, 3.63) is 0 Å². The third-order valence-electron chi connectivity index (χ3n) is 4.52. The van der Waals surface area contributed by atoms with E-state index in [0.717, 1.165) is 23.5 Å². The van der Waals surface area contributed by atoms with Gasteiger partial charge in [-0.3, -0.25) is 4.99 Å². The predicted molar refractivity (Wildman–Crippen MR) is 86.1 cm³/mol. The Hall–Kier alpha value is -0.220. The first-order valence-corrected chi connectivity index (χ1v) is 8.81. The van der Waals surface area contributed by atoms with Crippen molar-refractivity contribution in [1.29, 1.82) is 0 Å². The Morgan fingerprint density at radius 1 is 1.47 bits per heavy atom. The number of thioether (sulfide) groups is 1. The van der Waals surface area contributed by atoms with E-state index in [9.17, 15) is 0 Å². The molecule has 2 rings (SSSR count). The second-order valence-electron chi connectivity index (χ2n) is 6.25. The molecule has 0 bridgehead atoms. The highest BCUT2D eigenvalue weighted by molar-refractivity contribution is 8.14. The molecule has 2 atom stereocenters. The van der Waals surface area contributed by atoms with Crippen molar-refractivity contribution >= 4 is 16.9 Å². The molecule has 2 heterocycles. The van der Waals surface area contributed by atoms with E-state index in [2.05, 4.69) is 31.0 Å². The van der Waals surface area contributed by atoms with E-state index in [1.807, 2.05) is 11.8 Å². The maximum atomic E-state index is 4.72. The molecule has 0 aromatic carbocycles. The Morgan fingerprint density at radius 3 is 3.00 bits per heavy atom. The molecular formula is C15H29N3S. The summed E-state index contributed by atoms with van der Waals surface area (Å²) in [7, 11) is 0. The van der Waals surface area contributed by atoms with Gasteiger partial charge in [0.05, 0.1) is 0 Å². The van der Waals surface area contributed by atoms with Crippen molar-refractivity contribution < 1.29 is 0 Å². The van der Waals surface area contributed by atoms with Gasteiger partial charge in [-0.2, -0.15) is 0 Å². The van der Waals surface area contributed by atoms with Crippen LogP contribution in [0, 0.1) is 0 Å². The average Bonchev–Trinajstić information content (AvgIpc) is 2.79. The van der Waals surface area contributed by atoms with Crippen molar-refractivity contribution in [3.8, 4) is 0 Å². The van der Waals surface area contributed by atoms with Crippen molar-refractivity contribution in [2.45, 2.75) is 64.5 Å². The lowest BCUT2D eigenvalue weighted by Crippen LogP contribution is -2.40. The molecule has 0 aliphatic carbocycles. The molecule has 0 amide bonds. The lowest BCUT2D eigenvalue weighted by molar-refractivity contribution is 0.160. The maximum Gasteiger partial charge on any atom is 0.157 e. The summed E-state index contributed by atoms with van der Waals surface area (Å²) in [5.41, 5.74) is 0.269. The zero-order valence-corrected chi connectivity index (χ0v) is 13.6. The molecule has 2 fully saturated rings. The van der Waals surface area contributed by atoms with Gasteiger partial charge in [0.15, 0.2) is 5.17 Å². The summed E-state index contributed by atoms with van der Waals surface area (Å²) < 4.78 is 0. The summed E-state index contributed by atoms with van der Waals surface area (Å²) in [4.78, 5) is 7.35. The van der Waals surface area contributed by atoms with Crippen LogP contribution >= 0.6 is 11.8 Å². The third-order valence-corrected chi connectivity index (χ3v) is 5.80. The van der Waals surface area contributed by atoms with Crippen LogP contribution in [0.4, 0.5) is 0 Å². The Labute approximate surface area is 122 Å². The first-order valence-electron chi connectivity index (χ1n) is 7.82. The fourth-order valence-electron chi connectivity index (χ4n) is 2.78. The van der Waals surface area contributed by atoms with Crippen LogP contribution in [0.15, 0.2) is 4.99 Å². The standard InChI is InChI=1S/C15H29N3S/c1-4-15(3)12-19-14(17-15)16-9-7-11-18-10-6-5-8-13(18)2/h13H,4-12H2,1-3H3,(H,16,17). The molecule has 2 unspecified atom stereocenters. The van der Waals surface area contributed by atoms with Gasteiger partial charge in [0.1, 0.15) is 0 Å². The molecule has 0 saturated carbocycles. The topological polar surface area (TPSA) is 27.6 Å². The molecule has 3 nitrogen and oxygen atoms in total. The lowest BCUT2D eigenvalue weighted by atomic mass is 10.0. The Morgan fingerprint density at radius 2 is 2.32 bits per heavy atom. The Bertz CT molecular complexity index is 319. The Kier molecular flexibility index (Phi) is 5.58. The van der Waals surface area contributed by atoms with Crippen molar-refractivity contribution in [2.24, 2.45) is 4.99 Å². The van der Waals surface area contributed by atoms with Gasteiger partial charge in [-0.25, -0.2) is 0 Å². The number of amidine groups is 1. The number of hydrogen-bond donors (Lipinski definition) is 1. The first-order chi connectivity index (χ1) is 9.13. The van der Waals surface area contributed by atoms with Crippen LogP contribution in [0.25, 0.3) is 0 Å². The number of hydrogen-bond acceptors (Lipinski definition) is 3. The number of aliphatic imine (C=N–C) groups is 1. The highest BCUT2D eigenvalue weighted by Crippen LogP contribution is 2.25. The van der Waals surface area contributed by atoms with Crippen molar-refractivity contribution in [3.63, 3.8) is 0 Å². The van der Waals surface area contributed by atoms with Crippen molar-refractivity contribution in [1.82, 2.24) is 10.2 Å². The monoisotopic (exact) mass is 283 g/mol. The van der Waals surface area contributed by atoms with Gasteiger partial charge >= 0.3 is 0 Å². The largest absolute Gasteiger partial charge is 0.359 e. The number of piperidine rings is 1. The minimum Gasteiger partial charge on any atom is -0.359 e. The van der Waals surface area contributed by atoms with E-state index in [0.29, 0.717) is 0 Å². The molecule has 110 valence electrons. The van der Waals surface area contributed by atoms with Gasteiger partial charge in [-0.15, -0.1) is 0 Å². The molecule has 0 spiro atoms. The molecule has 19 heavy (non-hydrogen) atoms. The normalized spacial score (nSPS) is 34.7. The minimum atomic E-state index is 0.269. The van der Waals surface area contributed by atoms with Crippen LogP contribution in [0.3, 0.4) is 0 Å². The average molecular weight is 283 g/mol. The zero-order chi connectivity index (χ0) is 13.7. The van der Waals surface area contributed by atoms with Crippen LogP contribution < -0.4 is 5.32 Å². The molecule has 1 N–H and O–H groups in total. The summed E-state index contributed by atoms with van der Waals surface area (Å²) >= 11 is 1.89. The fourth-order valence-corrected chi connectivity index (χ4v) is 4.01. The zero-order valence-electron chi connectivity index (χ0n) is 12.7.